The summed E-state index contributed by atoms with van der Waals surface area (Å²) >= 11 is 0. The van der Waals surface area contributed by atoms with Crippen LogP contribution < -0.4 is 19.1 Å². The third kappa shape index (κ3) is 5.38. The van der Waals surface area contributed by atoms with Crippen LogP contribution in [0.3, 0.4) is 0 Å². The predicted octanol–water partition coefficient (Wildman–Crippen LogP) is 2.95. The van der Waals surface area contributed by atoms with Crippen LogP contribution in [-0.2, 0) is 14.8 Å². The quantitative estimate of drug-likeness (QED) is 0.593. The summed E-state index contributed by atoms with van der Waals surface area (Å²) < 4.78 is 52.1. The van der Waals surface area contributed by atoms with Crippen molar-refractivity contribution in [2.24, 2.45) is 0 Å². The van der Waals surface area contributed by atoms with Crippen molar-refractivity contribution in [2.75, 3.05) is 31.6 Å². The number of nitrogens with one attached hydrogen (secondary N) is 1. The van der Waals surface area contributed by atoms with Gasteiger partial charge in [-0.1, -0.05) is 25.5 Å². The van der Waals surface area contributed by atoms with Crippen molar-refractivity contribution in [3.63, 3.8) is 0 Å². The van der Waals surface area contributed by atoms with Gasteiger partial charge < -0.3 is 14.8 Å². The standard InChI is InChI=1S/C20H25FN2O5S/c1-4-5-12-22-20(24)14-23(17-9-7-6-8-16(17)21)29(25,26)15-10-11-18(27-2)19(13-15)28-3/h6-11,13H,4-5,12,14H2,1-3H3,(H,22,24). The smallest absolute Gasteiger partial charge is 0.265 e. The second-order valence-electron chi connectivity index (χ2n) is 6.18. The number of amides is 1. The molecule has 29 heavy (non-hydrogen) atoms. The molecule has 2 aromatic carbocycles. The topological polar surface area (TPSA) is 84.9 Å². The maximum Gasteiger partial charge on any atom is 0.265 e. The van der Waals surface area contributed by atoms with E-state index < -0.39 is 28.3 Å². The number of carbonyl (C=O) groups excluding carboxylic acids is 1. The molecule has 7 nitrogen and oxygen atoms in total. The minimum atomic E-state index is -4.26. The molecule has 0 spiro atoms. The van der Waals surface area contributed by atoms with Gasteiger partial charge in [0.1, 0.15) is 12.4 Å². The zero-order valence-electron chi connectivity index (χ0n) is 16.6. The van der Waals surface area contributed by atoms with Gasteiger partial charge in [0.2, 0.25) is 5.91 Å². The summed E-state index contributed by atoms with van der Waals surface area (Å²) in [5.74, 6) is -0.723. The van der Waals surface area contributed by atoms with E-state index in [2.05, 4.69) is 5.32 Å². The van der Waals surface area contributed by atoms with Crippen LogP contribution in [0.1, 0.15) is 19.8 Å². The lowest BCUT2D eigenvalue weighted by atomic mass is 10.3. The largest absolute Gasteiger partial charge is 0.493 e. The lowest BCUT2D eigenvalue weighted by Gasteiger charge is -2.25. The van der Waals surface area contributed by atoms with Crippen molar-refractivity contribution >= 4 is 21.6 Å². The van der Waals surface area contributed by atoms with Gasteiger partial charge >= 0.3 is 0 Å². The van der Waals surface area contributed by atoms with Crippen molar-refractivity contribution in [3.05, 3.63) is 48.3 Å². The summed E-state index contributed by atoms with van der Waals surface area (Å²) in [4.78, 5) is 12.2. The van der Waals surface area contributed by atoms with Crippen LogP contribution in [-0.4, -0.2) is 41.6 Å². The predicted molar refractivity (Wildman–Crippen MR) is 108 cm³/mol. The number of rotatable bonds is 10. The van der Waals surface area contributed by atoms with Crippen molar-refractivity contribution in [2.45, 2.75) is 24.7 Å². The average molecular weight is 424 g/mol. The number of carbonyl (C=O) groups is 1. The molecule has 0 saturated carbocycles. The first-order valence-electron chi connectivity index (χ1n) is 9.11. The lowest BCUT2D eigenvalue weighted by Crippen LogP contribution is -2.41. The summed E-state index contributed by atoms with van der Waals surface area (Å²) in [5.41, 5.74) is -0.215. The summed E-state index contributed by atoms with van der Waals surface area (Å²) in [5, 5.41) is 2.66. The van der Waals surface area contributed by atoms with Gasteiger partial charge in [-0.25, -0.2) is 12.8 Å². The Morgan fingerprint density at radius 1 is 1.10 bits per heavy atom. The highest BCUT2D eigenvalue weighted by molar-refractivity contribution is 7.92. The number of hydrogen-bond donors (Lipinski definition) is 1. The van der Waals surface area contributed by atoms with Crippen molar-refractivity contribution in [3.8, 4) is 11.5 Å². The fraction of sp³-hybridized carbons (Fsp3) is 0.350. The molecule has 0 aliphatic rings. The molecule has 0 atom stereocenters. The number of para-hydroxylation sites is 1. The lowest BCUT2D eigenvalue weighted by molar-refractivity contribution is -0.119. The number of unbranched alkanes of at least 4 members (excludes halogenated alkanes) is 1. The van der Waals surface area contributed by atoms with Crippen LogP contribution >= 0.6 is 0 Å². The van der Waals surface area contributed by atoms with Gasteiger partial charge in [0.05, 0.1) is 24.8 Å². The maximum atomic E-state index is 14.4. The molecular weight excluding hydrogens is 399 g/mol. The third-order valence-corrected chi connectivity index (χ3v) is 5.96. The van der Waals surface area contributed by atoms with Crippen LogP contribution in [0.15, 0.2) is 47.4 Å². The number of methoxy groups -OCH3 is 2. The fourth-order valence-electron chi connectivity index (χ4n) is 2.65. The van der Waals surface area contributed by atoms with E-state index in [1.807, 2.05) is 6.92 Å². The number of ether oxygens (including phenoxy) is 2. The molecule has 0 aliphatic carbocycles. The van der Waals surface area contributed by atoms with E-state index in [0.29, 0.717) is 12.3 Å². The summed E-state index contributed by atoms with van der Waals surface area (Å²) in [6, 6.07) is 9.43. The minimum absolute atomic E-state index is 0.153. The first-order valence-corrected chi connectivity index (χ1v) is 10.5. The van der Waals surface area contributed by atoms with E-state index in [9.17, 15) is 17.6 Å². The van der Waals surface area contributed by atoms with E-state index in [-0.39, 0.29) is 16.3 Å². The number of nitrogens with zero attached hydrogens (tertiary/aromatic N) is 1. The monoisotopic (exact) mass is 424 g/mol. The van der Waals surface area contributed by atoms with E-state index in [1.165, 1.54) is 50.6 Å². The molecule has 158 valence electrons. The molecule has 0 aliphatic heterocycles. The molecule has 9 heteroatoms. The van der Waals surface area contributed by atoms with Crippen molar-refractivity contribution in [1.29, 1.82) is 0 Å². The fourth-order valence-corrected chi connectivity index (χ4v) is 4.09. The number of sulfonamides is 1. The molecule has 0 bridgehead atoms. The van der Waals surface area contributed by atoms with Crippen LogP contribution in [0.2, 0.25) is 0 Å². The molecule has 0 unspecified atom stereocenters. The van der Waals surface area contributed by atoms with Crippen molar-refractivity contribution < 1.29 is 27.1 Å². The molecule has 0 aromatic heterocycles. The van der Waals surface area contributed by atoms with E-state index >= 15 is 0 Å². The van der Waals surface area contributed by atoms with Gasteiger partial charge in [0.15, 0.2) is 11.5 Å². The normalized spacial score (nSPS) is 11.0. The zero-order valence-corrected chi connectivity index (χ0v) is 17.5. The van der Waals surface area contributed by atoms with Gasteiger partial charge in [0.25, 0.3) is 10.0 Å². The second-order valence-corrected chi connectivity index (χ2v) is 8.05. The Labute approximate surface area is 170 Å². The Bertz CT molecular complexity index is 950. The van der Waals surface area contributed by atoms with Crippen LogP contribution in [0, 0.1) is 5.82 Å². The molecular formula is C20H25FN2O5S. The number of benzene rings is 2. The van der Waals surface area contributed by atoms with E-state index in [4.69, 9.17) is 9.47 Å². The molecule has 0 fully saturated rings. The molecule has 1 N–H and O–H groups in total. The van der Waals surface area contributed by atoms with Crippen LogP contribution in [0.4, 0.5) is 10.1 Å². The molecule has 0 radical (unpaired) electrons. The maximum absolute atomic E-state index is 14.4. The molecule has 2 rings (SSSR count). The van der Waals surface area contributed by atoms with E-state index in [1.54, 1.807) is 0 Å². The van der Waals surface area contributed by atoms with Gasteiger partial charge in [-0.2, -0.15) is 0 Å². The molecule has 2 aromatic rings. The first kappa shape index (κ1) is 22.5. The summed E-state index contributed by atoms with van der Waals surface area (Å²) in [6.07, 6.45) is 1.63. The van der Waals surface area contributed by atoms with Gasteiger partial charge in [-0.15, -0.1) is 0 Å². The van der Waals surface area contributed by atoms with Gasteiger partial charge in [-0.3, -0.25) is 9.10 Å². The molecule has 0 saturated heterocycles. The third-order valence-electron chi connectivity index (χ3n) is 4.20. The Morgan fingerprint density at radius 2 is 1.79 bits per heavy atom. The highest BCUT2D eigenvalue weighted by atomic mass is 32.2. The first-order chi connectivity index (χ1) is 13.8. The van der Waals surface area contributed by atoms with Gasteiger partial charge in [-0.05, 0) is 30.7 Å². The highest BCUT2D eigenvalue weighted by Crippen LogP contribution is 2.32. The summed E-state index contributed by atoms with van der Waals surface area (Å²) in [7, 11) is -1.46. The molecule has 0 heterocycles. The molecule has 1 amide bonds. The average Bonchev–Trinajstić information content (AvgIpc) is 2.72. The minimum Gasteiger partial charge on any atom is -0.493 e. The van der Waals surface area contributed by atoms with Crippen LogP contribution in [0.25, 0.3) is 0 Å². The number of hydrogen-bond acceptors (Lipinski definition) is 5. The Hall–Kier alpha value is -2.81. The second kappa shape index (κ2) is 10.1. The summed E-state index contributed by atoms with van der Waals surface area (Å²) in [6.45, 7) is 1.83. The highest BCUT2D eigenvalue weighted by Gasteiger charge is 2.30. The Morgan fingerprint density at radius 3 is 2.41 bits per heavy atom. The number of halogens is 1. The number of anilines is 1. The zero-order chi connectivity index (χ0) is 21.4. The Kier molecular flexibility index (Phi) is 7.83. The SMILES string of the molecule is CCCCNC(=O)CN(c1ccccc1F)S(=O)(=O)c1ccc(OC)c(OC)c1. The van der Waals surface area contributed by atoms with E-state index in [0.717, 1.165) is 23.2 Å². The van der Waals surface area contributed by atoms with Gasteiger partial charge in [0, 0.05) is 12.6 Å². The Balaban J connectivity index is 2.46. The van der Waals surface area contributed by atoms with Crippen molar-refractivity contribution in [1.82, 2.24) is 5.32 Å². The van der Waals surface area contributed by atoms with Crippen LogP contribution in [0.5, 0.6) is 11.5 Å².